The quantitative estimate of drug-likeness (QED) is 0.656. The molecule has 1 N–H and O–H groups in total. The van der Waals surface area contributed by atoms with Gasteiger partial charge in [-0.05, 0) is 31.4 Å². The molecule has 6 heteroatoms. The summed E-state index contributed by atoms with van der Waals surface area (Å²) in [7, 11) is 0. The number of nitrogens with one attached hydrogen (secondary N) is 1. The minimum Gasteiger partial charge on any atom is -0.342 e. The molecule has 3 amide bonds. The van der Waals surface area contributed by atoms with Gasteiger partial charge in [-0.15, -0.1) is 0 Å². The highest BCUT2D eigenvalue weighted by Crippen LogP contribution is 2.27. The third-order valence-electron chi connectivity index (χ3n) is 4.68. The molecule has 0 aliphatic carbocycles. The van der Waals surface area contributed by atoms with Crippen molar-refractivity contribution in [2.45, 2.75) is 33.6 Å². The van der Waals surface area contributed by atoms with Crippen LogP contribution in [0.3, 0.4) is 0 Å². The van der Waals surface area contributed by atoms with E-state index in [1.807, 2.05) is 24.3 Å². The van der Waals surface area contributed by atoms with Crippen molar-refractivity contribution < 1.29 is 14.4 Å². The summed E-state index contributed by atoms with van der Waals surface area (Å²) in [5.74, 6) is -0.257. The number of carbonyl (C=O) groups excluding carboxylic acids is 3. The number of anilines is 1. The molecule has 1 heterocycles. The van der Waals surface area contributed by atoms with Gasteiger partial charge in [0.1, 0.15) is 5.41 Å². The third kappa shape index (κ3) is 4.18. The van der Waals surface area contributed by atoms with Crippen LogP contribution in [-0.4, -0.2) is 54.2 Å². The Morgan fingerprint density at radius 2 is 1.72 bits per heavy atom. The minimum atomic E-state index is -1.17. The molecule has 1 aliphatic heterocycles. The first-order valence-electron chi connectivity index (χ1n) is 8.66. The molecule has 1 fully saturated rings. The zero-order valence-electron chi connectivity index (χ0n) is 15.4. The number of piperazine rings is 1. The summed E-state index contributed by atoms with van der Waals surface area (Å²) < 4.78 is 0. The molecule has 136 valence electrons. The van der Waals surface area contributed by atoms with E-state index in [1.165, 1.54) is 0 Å². The van der Waals surface area contributed by atoms with E-state index in [0.717, 1.165) is 17.7 Å². The highest BCUT2D eigenvalue weighted by molar-refractivity contribution is 6.10. The van der Waals surface area contributed by atoms with Crippen LogP contribution in [0.5, 0.6) is 0 Å². The topological polar surface area (TPSA) is 69.7 Å². The first kappa shape index (κ1) is 19.0. The van der Waals surface area contributed by atoms with Gasteiger partial charge in [0, 0.05) is 31.9 Å². The Kier molecular flexibility index (Phi) is 5.82. The number of rotatable bonds is 5. The Hall–Kier alpha value is -2.37. The zero-order chi connectivity index (χ0) is 18.6. The molecule has 0 spiro atoms. The van der Waals surface area contributed by atoms with Crippen LogP contribution in [0.2, 0.25) is 0 Å². The van der Waals surface area contributed by atoms with Crippen LogP contribution in [-0.2, 0) is 14.4 Å². The van der Waals surface area contributed by atoms with Crippen LogP contribution < -0.4 is 5.32 Å². The zero-order valence-corrected chi connectivity index (χ0v) is 15.4. The second-order valence-electron chi connectivity index (χ2n) is 7.25. The fourth-order valence-electron chi connectivity index (χ4n) is 2.92. The average Bonchev–Trinajstić information content (AvgIpc) is 2.61. The van der Waals surface area contributed by atoms with E-state index < -0.39 is 5.41 Å². The van der Waals surface area contributed by atoms with E-state index in [2.05, 4.69) is 19.2 Å². The van der Waals surface area contributed by atoms with E-state index in [4.69, 9.17) is 0 Å². The molecule has 0 unspecified atom stereocenters. The van der Waals surface area contributed by atoms with Crippen molar-refractivity contribution in [2.24, 2.45) is 5.41 Å². The third-order valence-corrected chi connectivity index (χ3v) is 4.68. The maximum absolute atomic E-state index is 12.8. The van der Waals surface area contributed by atoms with E-state index in [-0.39, 0.29) is 17.7 Å². The second-order valence-corrected chi connectivity index (χ2v) is 7.25. The van der Waals surface area contributed by atoms with Crippen LogP contribution in [0, 0.1) is 5.41 Å². The number of carbonyl (C=O) groups is 3. The summed E-state index contributed by atoms with van der Waals surface area (Å²) in [6.45, 7) is 9.34. The largest absolute Gasteiger partial charge is 0.342 e. The molecule has 1 saturated heterocycles. The number of benzene rings is 1. The monoisotopic (exact) mass is 345 g/mol. The van der Waals surface area contributed by atoms with Crippen LogP contribution in [0.15, 0.2) is 24.3 Å². The van der Waals surface area contributed by atoms with Crippen molar-refractivity contribution in [2.75, 3.05) is 31.5 Å². The van der Waals surface area contributed by atoms with Crippen molar-refractivity contribution in [3.8, 4) is 0 Å². The number of nitrogens with zero attached hydrogens (tertiary/aromatic N) is 2. The van der Waals surface area contributed by atoms with Crippen LogP contribution in [0.1, 0.15) is 39.2 Å². The molecule has 1 aromatic rings. The van der Waals surface area contributed by atoms with E-state index in [0.29, 0.717) is 26.2 Å². The molecular formula is C19H27N3O3. The smallest absolute Gasteiger partial charge is 0.239 e. The minimum absolute atomic E-state index is 0.211. The summed E-state index contributed by atoms with van der Waals surface area (Å²) in [5, 5.41) is 2.92. The Balaban J connectivity index is 2.10. The molecule has 0 radical (unpaired) electrons. The molecule has 1 aliphatic rings. The number of hydrogen-bond donors (Lipinski definition) is 1. The molecule has 25 heavy (non-hydrogen) atoms. The first-order chi connectivity index (χ1) is 11.8. The summed E-state index contributed by atoms with van der Waals surface area (Å²) in [6.07, 6.45) is 0.794. The molecule has 6 nitrogen and oxygen atoms in total. The number of amides is 3. The Morgan fingerprint density at radius 3 is 2.28 bits per heavy atom. The predicted molar refractivity (Wildman–Crippen MR) is 97.2 cm³/mol. The van der Waals surface area contributed by atoms with Crippen molar-refractivity contribution in [3.63, 3.8) is 0 Å². The summed E-state index contributed by atoms with van der Waals surface area (Å²) >= 11 is 0. The molecule has 2 rings (SSSR count). The van der Waals surface area contributed by atoms with Gasteiger partial charge in [0.2, 0.25) is 18.2 Å². The van der Waals surface area contributed by atoms with Gasteiger partial charge in [0.25, 0.3) is 0 Å². The fourth-order valence-corrected chi connectivity index (χ4v) is 2.92. The van der Waals surface area contributed by atoms with Gasteiger partial charge < -0.3 is 15.1 Å². The Labute approximate surface area is 149 Å². The van der Waals surface area contributed by atoms with Gasteiger partial charge in [0.15, 0.2) is 0 Å². The van der Waals surface area contributed by atoms with Crippen LogP contribution >= 0.6 is 0 Å². The van der Waals surface area contributed by atoms with Gasteiger partial charge in [-0.3, -0.25) is 14.4 Å². The van der Waals surface area contributed by atoms with Crippen molar-refractivity contribution >= 4 is 23.9 Å². The average molecular weight is 345 g/mol. The summed E-state index contributed by atoms with van der Waals surface area (Å²) in [5.41, 5.74) is 0.612. The highest BCUT2D eigenvalue weighted by Gasteiger charge is 2.40. The molecular weight excluding hydrogens is 318 g/mol. The molecule has 0 bridgehead atoms. The normalized spacial score (nSPS) is 15.2. The Morgan fingerprint density at radius 1 is 1.12 bits per heavy atom. The lowest BCUT2D eigenvalue weighted by Crippen LogP contribution is -2.54. The van der Waals surface area contributed by atoms with E-state index in [9.17, 15) is 14.4 Å². The number of para-hydroxylation sites is 1. The standard InChI is InChI=1S/C19H27N3O3/c1-14(2)15-7-5-6-8-16(15)20-17(24)19(3,4)18(25)22-11-9-21(13-23)10-12-22/h5-8,13-14H,9-12H2,1-4H3,(H,20,24). The SMILES string of the molecule is CC(C)c1ccccc1NC(=O)C(C)(C)C(=O)N1CCN(C=O)CC1. The predicted octanol–water partition coefficient (Wildman–Crippen LogP) is 2.08. The first-order valence-corrected chi connectivity index (χ1v) is 8.66. The lowest BCUT2D eigenvalue weighted by molar-refractivity contribution is -0.148. The van der Waals surface area contributed by atoms with Gasteiger partial charge in [0.05, 0.1) is 0 Å². The maximum Gasteiger partial charge on any atom is 0.239 e. The molecule has 0 atom stereocenters. The van der Waals surface area contributed by atoms with Gasteiger partial charge in [-0.25, -0.2) is 0 Å². The summed E-state index contributed by atoms with van der Waals surface area (Å²) in [6, 6.07) is 7.65. The molecule has 0 aromatic heterocycles. The van der Waals surface area contributed by atoms with Gasteiger partial charge in [-0.1, -0.05) is 32.0 Å². The van der Waals surface area contributed by atoms with E-state index in [1.54, 1.807) is 23.6 Å². The van der Waals surface area contributed by atoms with E-state index >= 15 is 0 Å². The van der Waals surface area contributed by atoms with Crippen molar-refractivity contribution in [1.29, 1.82) is 0 Å². The molecule has 1 aromatic carbocycles. The van der Waals surface area contributed by atoms with Crippen molar-refractivity contribution in [1.82, 2.24) is 9.80 Å². The maximum atomic E-state index is 12.8. The highest BCUT2D eigenvalue weighted by atomic mass is 16.2. The second kappa shape index (κ2) is 7.68. The Bertz CT molecular complexity index is 647. The summed E-state index contributed by atoms with van der Waals surface area (Å²) in [4.78, 5) is 39.7. The van der Waals surface area contributed by atoms with Crippen molar-refractivity contribution in [3.05, 3.63) is 29.8 Å². The lowest BCUT2D eigenvalue weighted by Gasteiger charge is -2.36. The van der Waals surface area contributed by atoms with Gasteiger partial charge in [-0.2, -0.15) is 0 Å². The number of hydrogen-bond acceptors (Lipinski definition) is 3. The molecule has 0 saturated carbocycles. The van der Waals surface area contributed by atoms with Crippen LogP contribution in [0.4, 0.5) is 5.69 Å². The van der Waals surface area contributed by atoms with Crippen LogP contribution in [0.25, 0.3) is 0 Å². The lowest BCUT2D eigenvalue weighted by atomic mass is 9.89. The van der Waals surface area contributed by atoms with Gasteiger partial charge >= 0.3 is 0 Å². The fraction of sp³-hybridized carbons (Fsp3) is 0.526.